The second-order valence-electron chi connectivity index (χ2n) is 5.57. The van der Waals surface area contributed by atoms with Crippen LogP contribution in [0, 0.1) is 0 Å². The van der Waals surface area contributed by atoms with Gasteiger partial charge in [0, 0.05) is 5.56 Å². The van der Waals surface area contributed by atoms with E-state index in [9.17, 15) is 9.59 Å². The van der Waals surface area contributed by atoms with Crippen LogP contribution in [-0.2, 0) is 16.0 Å². The smallest absolute Gasteiger partial charge is 0.316 e. The van der Waals surface area contributed by atoms with E-state index < -0.39 is 0 Å². The SMILES string of the molecule is CCCCCc1ccc(C(=O)Nc2nnc(SCC(=O)OCC)s2)cc1. The molecule has 0 aliphatic rings. The summed E-state index contributed by atoms with van der Waals surface area (Å²) >= 11 is 2.48. The Labute approximate surface area is 161 Å². The first-order valence-electron chi connectivity index (χ1n) is 8.64. The van der Waals surface area contributed by atoms with Crippen LogP contribution in [0.15, 0.2) is 28.6 Å². The van der Waals surface area contributed by atoms with Gasteiger partial charge < -0.3 is 4.74 Å². The Kier molecular flexibility index (Phi) is 8.57. The molecule has 8 heteroatoms. The number of thioether (sulfide) groups is 1. The molecule has 0 aliphatic carbocycles. The number of aryl methyl sites for hydroxylation is 1. The molecule has 0 spiro atoms. The lowest BCUT2D eigenvalue weighted by Crippen LogP contribution is -2.11. The normalized spacial score (nSPS) is 10.5. The third-order valence-electron chi connectivity index (χ3n) is 3.53. The molecule has 0 saturated heterocycles. The number of rotatable bonds is 10. The van der Waals surface area contributed by atoms with Crippen LogP contribution in [0.3, 0.4) is 0 Å². The van der Waals surface area contributed by atoms with Crippen LogP contribution in [-0.4, -0.2) is 34.4 Å². The third-order valence-corrected chi connectivity index (χ3v) is 5.48. The van der Waals surface area contributed by atoms with Crippen molar-refractivity contribution in [2.45, 2.75) is 43.9 Å². The van der Waals surface area contributed by atoms with Gasteiger partial charge in [-0.3, -0.25) is 14.9 Å². The van der Waals surface area contributed by atoms with Crippen LogP contribution in [0.25, 0.3) is 0 Å². The van der Waals surface area contributed by atoms with E-state index in [1.54, 1.807) is 6.92 Å². The molecule has 1 aromatic heterocycles. The summed E-state index contributed by atoms with van der Waals surface area (Å²) in [5, 5.41) is 11.0. The quantitative estimate of drug-likeness (QED) is 0.282. The van der Waals surface area contributed by atoms with Gasteiger partial charge in [0.15, 0.2) is 4.34 Å². The Morgan fingerprint density at radius 3 is 2.62 bits per heavy atom. The van der Waals surface area contributed by atoms with E-state index in [1.165, 1.54) is 47.9 Å². The van der Waals surface area contributed by atoms with Crippen molar-refractivity contribution in [2.24, 2.45) is 0 Å². The number of hydrogen-bond acceptors (Lipinski definition) is 7. The van der Waals surface area contributed by atoms with E-state index >= 15 is 0 Å². The van der Waals surface area contributed by atoms with Crippen LogP contribution in [0.5, 0.6) is 0 Å². The first kappa shape index (κ1) is 20.4. The molecule has 26 heavy (non-hydrogen) atoms. The molecule has 0 fully saturated rings. The summed E-state index contributed by atoms with van der Waals surface area (Å²) in [6.07, 6.45) is 4.62. The molecule has 1 heterocycles. The van der Waals surface area contributed by atoms with Crippen molar-refractivity contribution < 1.29 is 14.3 Å². The third kappa shape index (κ3) is 6.76. The van der Waals surface area contributed by atoms with Crippen LogP contribution in [0.4, 0.5) is 5.13 Å². The summed E-state index contributed by atoms with van der Waals surface area (Å²) in [5.41, 5.74) is 1.82. The lowest BCUT2D eigenvalue weighted by molar-refractivity contribution is -0.139. The van der Waals surface area contributed by atoms with Gasteiger partial charge in [-0.2, -0.15) is 0 Å². The van der Waals surface area contributed by atoms with E-state index in [0.717, 1.165) is 6.42 Å². The fourth-order valence-electron chi connectivity index (χ4n) is 2.21. The number of carbonyl (C=O) groups is 2. The number of nitrogens with one attached hydrogen (secondary N) is 1. The van der Waals surface area contributed by atoms with Crippen molar-refractivity contribution >= 4 is 40.1 Å². The summed E-state index contributed by atoms with van der Waals surface area (Å²) in [6, 6.07) is 7.64. The average molecular weight is 394 g/mol. The van der Waals surface area contributed by atoms with Crippen molar-refractivity contribution in [2.75, 3.05) is 17.7 Å². The highest BCUT2D eigenvalue weighted by Crippen LogP contribution is 2.25. The Hall–Kier alpha value is -1.93. The molecule has 0 atom stereocenters. The predicted octanol–water partition coefficient (Wildman–Crippen LogP) is 4.18. The highest BCUT2D eigenvalue weighted by atomic mass is 32.2. The van der Waals surface area contributed by atoms with Crippen molar-refractivity contribution in [3.8, 4) is 0 Å². The van der Waals surface area contributed by atoms with Gasteiger partial charge in [0.1, 0.15) is 0 Å². The second kappa shape index (κ2) is 10.9. The zero-order valence-electron chi connectivity index (χ0n) is 15.0. The van der Waals surface area contributed by atoms with Gasteiger partial charge in [0.2, 0.25) is 5.13 Å². The number of anilines is 1. The monoisotopic (exact) mass is 393 g/mol. The molecule has 140 valence electrons. The Morgan fingerprint density at radius 1 is 1.15 bits per heavy atom. The van der Waals surface area contributed by atoms with E-state index in [0.29, 0.717) is 21.6 Å². The molecular formula is C18H23N3O3S2. The zero-order valence-corrected chi connectivity index (χ0v) is 16.6. The summed E-state index contributed by atoms with van der Waals surface area (Å²) in [7, 11) is 0. The Balaban J connectivity index is 1.84. The van der Waals surface area contributed by atoms with Crippen molar-refractivity contribution in [3.63, 3.8) is 0 Å². The van der Waals surface area contributed by atoms with E-state index in [1.807, 2.05) is 24.3 Å². The molecule has 0 aliphatic heterocycles. The van der Waals surface area contributed by atoms with Crippen LogP contribution in [0.2, 0.25) is 0 Å². The highest BCUT2D eigenvalue weighted by molar-refractivity contribution is 8.01. The molecular weight excluding hydrogens is 370 g/mol. The fraction of sp³-hybridized carbons (Fsp3) is 0.444. The van der Waals surface area contributed by atoms with Crippen LogP contribution >= 0.6 is 23.1 Å². The Morgan fingerprint density at radius 2 is 1.92 bits per heavy atom. The lowest BCUT2D eigenvalue weighted by atomic mass is 10.1. The number of carbonyl (C=O) groups excluding carboxylic acids is 2. The van der Waals surface area contributed by atoms with Crippen LogP contribution < -0.4 is 5.32 Å². The number of ether oxygens (including phenoxy) is 1. The Bertz CT molecular complexity index is 717. The maximum Gasteiger partial charge on any atom is 0.316 e. The first-order valence-corrected chi connectivity index (χ1v) is 10.4. The van der Waals surface area contributed by atoms with Gasteiger partial charge in [-0.1, -0.05) is 55.0 Å². The highest BCUT2D eigenvalue weighted by Gasteiger charge is 2.12. The van der Waals surface area contributed by atoms with Gasteiger partial charge in [-0.25, -0.2) is 0 Å². The number of benzene rings is 1. The average Bonchev–Trinajstić information content (AvgIpc) is 3.08. The van der Waals surface area contributed by atoms with E-state index in [-0.39, 0.29) is 17.6 Å². The summed E-state index contributed by atoms with van der Waals surface area (Å²) in [5.74, 6) is -0.337. The zero-order chi connectivity index (χ0) is 18.8. The molecule has 1 N–H and O–H groups in total. The number of nitrogens with zero attached hydrogens (tertiary/aromatic N) is 2. The minimum absolute atomic E-state index is 0.177. The number of aromatic nitrogens is 2. The van der Waals surface area contributed by atoms with Crippen molar-refractivity contribution in [1.29, 1.82) is 0 Å². The van der Waals surface area contributed by atoms with Gasteiger partial charge >= 0.3 is 5.97 Å². The first-order chi connectivity index (χ1) is 12.6. The van der Waals surface area contributed by atoms with E-state index in [2.05, 4.69) is 22.4 Å². The van der Waals surface area contributed by atoms with Crippen molar-refractivity contribution in [3.05, 3.63) is 35.4 Å². The summed E-state index contributed by atoms with van der Waals surface area (Å²) in [6.45, 7) is 4.30. The standard InChI is InChI=1S/C18H23N3O3S2/c1-3-5-6-7-13-8-10-14(11-9-13)16(23)19-17-20-21-18(26-17)25-12-15(22)24-4-2/h8-11H,3-7,12H2,1-2H3,(H,19,20,23). The molecule has 2 rings (SSSR count). The number of hydrogen-bond donors (Lipinski definition) is 1. The summed E-state index contributed by atoms with van der Waals surface area (Å²) < 4.78 is 5.47. The maximum absolute atomic E-state index is 12.3. The minimum Gasteiger partial charge on any atom is -0.465 e. The summed E-state index contributed by atoms with van der Waals surface area (Å²) in [4.78, 5) is 23.6. The topological polar surface area (TPSA) is 81.2 Å². The molecule has 1 amide bonds. The maximum atomic E-state index is 12.3. The van der Waals surface area contributed by atoms with Crippen LogP contribution in [0.1, 0.15) is 49.0 Å². The van der Waals surface area contributed by atoms with Gasteiger partial charge in [-0.15, -0.1) is 10.2 Å². The predicted molar refractivity (Wildman–Crippen MR) is 105 cm³/mol. The van der Waals surface area contributed by atoms with Gasteiger partial charge in [0.25, 0.3) is 5.91 Å². The molecule has 1 aromatic carbocycles. The molecule has 0 radical (unpaired) electrons. The molecule has 0 unspecified atom stereocenters. The van der Waals surface area contributed by atoms with Gasteiger partial charge in [-0.05, 0) is 37.5 Å². The molecule has 0 bridgehead atoms. The second-order valence-corrected chi connectivity index (χ2v) is 7.77. The van der Waals surface area contributed by atoms with Gasteiger partial charge in [0.05, 0.1) is 12.4 Å². The minimum atomic E-state index is -0.294. The molecule has 6 nitrogen and oxygen atoms in total. The lowest BCUT2D eigenvalue weighted by Gasteiger charge is -2.04. The molecule has 2 aromatic rings. The number of unbranched alkanes of at least 4 members (excludes halogenated alkanes) is 2. The largest absolute Gasteiger partial charge is 0.465 e. The van der Waals surface area contributed by atoms with E-state index in [4.69, 9.17) is 4.74 Å². The number of esters is 1. The van der Waals surface area contributed by atoms with Crippen molar-refractivity contribution in [1.82, 2.24) is 10.2 Å². The number of amides is 1. The fourth-order valence-corrected chi connectivity index (χ4v) is 3.76. The molecule has 0 saturated carbocycles.